The van der Waals surface area contributed by atoms with Gasteiger partial charge in [0.1, 0.15) is 0 Å². The van der Waals surface area contributed by atoms with Gasteiger partial charge in [0, 0.05) is 26.1 Å². The molecule has 0 unspecified atom stereocenters. The summed E-state index contributed by atoms with van der Waals surface area (Å²) in [5, 5.41) is 2.45. The molecule has 1 saturated carbocycles. The molecule has 0 aliphatic heterocycles. The predicted octanol–water partition coefficient (Wildman–Crippen LogP) is 3.32. The third-order valence-electron chi connectivity index (χ3n) is 4.87. The number of fused-ring (bicyclic) bond motifs is 1. The van der Waals surface area contributed by atoms with Crippen molar-refractivity contribution >= 4 is 16.7 Å². The van der Waals surface area contributed by atoms with Gasteiger partial charge in [-0.2, -0.15) is 0 Å². The van der Waals surface area contributed by atoms with Crippen LogP contribution in [-0.4, -0.2) is 23.9 Å². The Labute approximate surface area is 132 Å². The molecule has 22 heavy (non-hydrogen) atoms. The lowest BCUT2D eigenvalue weighted by Crippen LogP contribution is -2.32. The van der Waals surface area contributed by atoms with E-state index < -0.39 is 0 Å². The van der Waals surface area contributed by atoms with Crippen LogP contribution >= 0.6 is 0 Å². The number of nitrogens with two attached hydrogens (primary N) is 1. The molecule has 3 nitrogen and oxygen atoms in total. The van der Waals surface area contributed by atoms with E-state index in [1.165, 1.54) is 16.3 Å². The normalized spacial score (nSPS) is 21.2. The summed E-state index contributed by atoms with van der Waals surface area (Å²) in [6.45, 7) is 0.655. The third-order valence-corrected chi connectivity index (χ3v) is 4.87. The molecule has 3 heteroatoms. The molecule has 1 aliphatic carbocycles. The lowest BCUT2D eigenvalue weighted by Gasteiger charge is -2.22. The summed E-state index contributed by atoms with van der Waals surface area (Å²) < 4.78 is 0. The van der Waals surface area contributed by atoms with Crippen molar-refractivity contribution < 1.29 is 4.79 Å². The van der Waals surface area contributed by atoms with Gasteiger partial charge in [0.25, 0.3) is 0 Å². The fourth-order valence-corrected chi connectivity index (χ4v) is 3.47. The van der Waals surface area contributed by atoms with Gasteiger partial charge in [-0.25, -0.2) is 0 Å². The molecule has 0 bridgehead atoms. The van der Waals surface area contributed by atoms with Gasteiger partial charge in [0.05, 0.1) is 0 Å². The Hall–Kier alpha value is -1.87. The molecular weight excluding hydrogens is 272 g/mol. The minimum absolute atomic E-state index is 0.204. The Bertz CT molecular complexity index is 662. The Morgan fingerprint density at radius 3 is 2.73 bits per heavy atom. The average Bonchev–Trinajstić information content (AvgIpc) is 2.93. The summed E-state index contributed by atoms with van der Waals surface area (Å²) >= 11 is 0. The first-order chi connectivity index (χ1) is 10.6. The van der Waals surface area contributed by atoms with Crippen molar-refractivity contribution in [1.29, 1.82) is 0 Å². The second kappa shape index (κ2) is 6.49. The van der Waals surface area contributed by atoms with Crippen LogP contribution in [0.3, 0.4) is 0 Å². The average molecular weight is 296 g/mol. The number of carbonyl (C=O) groups excluding carboxylic acids is 1. The van der Waals surface area contributed by atoms with Crippen LogP contribution < -0.4 is 5.73 Å². The molecule has 1 fully saturated rings. The van der Waals surface area contributed by atoms with Crippen LogP contribution in [0.4, 0.5) is 0 Å². The molecule has 2 aromatic carbocycles. The lowest BCUT2D eigenvalue weighted by molar-refractivity contribution is -0.131. The number of amides is 1. The van der Waals surface area contributed by atoms with Crippen molar-refractivity contribution in [1.82, 2.24) is 4.90 Å². The minimum Gasteiger partial charge on any atom is -0.341 e. The van der Waals surface area contributed by atoms with E-state index in [1.54, 1.807) is 0 Å². The topological polar surface area (TPSA) is 46.3 Å². The van der Waals surface area contributed by atoms with Crippen molar-refractivity contribution in [3.05, 3.63) is 48.0 Å². The number of nitrogens with zero attached hydrogens (tertiary/aromatic N) is 1. The molecule has 0 saturated heterocycles. The quantitative estimate of drug-likeness (QED) is 0.941. The lowest BCUT2D eigenvalue weighted by atomic mass is 9.99. The fourth-order valence-electron chi connectivity index (χ4n) is 3.47. The van der Waals surface area contributed by atoms with Crippen molar-refractivity contribution in [2.75, 3.05) is 7.05 Å². The van der Waals surface area contributed by atoms with E-state index in [1.807, 2.05) is 24.1 Å². The van der Waals surface area contributed by atoms with Crippen LogP contribution in [0.25, 0.3) is 10.8 Å². The molecule has 1 aliphatic rings. The zero-order chi connectivity index (χ0) is 15.5. The second-order valence-electron chi connectivity index (χ2n) is 6.45. The monoisotopic (exact) mass is 296 g/mol. The van der Waals surface area contributed by atoms with E-state index in [-0.39, 0.29) is 11.9 Å². The van der Waals surface area contributed by atoms with E-state index in [0.717, 1.165) is 19.3 Å². The minimum atomic E-state index is 0.204. The van der Waals surface area contributed by atoms with Gasteiger partial charge in [0.15, 0.2) is 0 Å². The fraction of sp³-hybridized carbons (Fsp3) is 0.421. The molecule has 2 atom stereocenters. The highest BCUT2D eigenvalue weighted by Crippen LogP contribution is 2.27. The maximum atomic E-state index is 12.5. The van der Waals surface area contributed by atoms with Gasteiger partial charge in [0.2, 0.25) is 5.91 Å². The molecule has 0 spiro atoms. The molecule has 0 radical (unpaired) electrons. The van der Waals surface area contributed by atoms with Crippen LogP contribution in [0.2, 0.25) is 0 Å². The highest BCUT2D eigenvalue weighted by Gasteiger charge is 2.27. The Morgan fingerprint density at radius 2 is 1.95 bits per heavy atom. The standard InChI is InChI=1S/C19H24N2O/c1-21(19(22)12-15-8-5-11-18(15)20)13-16-9-4-7-14-6-2-3-10-17(14)16/h2-4,6-7,9-10,15,18H,5,8,11-13,20H2,1H3/t15-,18+/m0/s1. The molecular formula is C19H24N2O. The maximum Gasteiger partial charge on any atom is 0.222 e. The van der Waals surface area contributed by atoms with Crippen molar-refractivity contribution in [3.8, 4) is 0 Å². The Kier molecular flexibility index (Phi) is 4.44. The van der Waals surface area contributed by atoms with Gasteiger partial charge in [-0.1, -0.05) is 48.9 Å². The van der Waals surface area contributed by atoms with E-state index in [4.69, 9.17) is 5.73 Å². The number of rotatable bonds is 4. The van der Waals surface area contributed by atoms with Crippen molar-refractivity contribution in [2.24, 2.45) is 11.7 Å². The van der Waals surface area contributed by atoms with E-state index in [2.05, 4.69) is 30.3 Å². The van der Waals surface area contributed by atoms with Gasteiger partial charge in [-0.15, -0.1) is 0 Å². The molecule has 2 N–H and O–H groups in total. The Balaban J connectivity index is 1.70. The first kappa shape index (κ1) is 15.0. The largest absolute Gasteiger partial charge is 0.341 e. The summed E-state index contributed by atoms with van der Waals surface area (Å²) in [4.78, 5) is 14.3. The zero-order valence-electron chi connectivity index (χ0n) is 13.2. The van der Waals surface area contributed by atoms with E-state index >= 15 is 0 Å². The van der Waals surface area contributed by atoms with Crippen LogP contribution in [0, 0.1) is 5.92 Å². The van der Waals surface area contributed by atoms with Gasteiger partial charge in [-0.3, -0.25) is 4.79 Å². The summed E-state index contributed by atoms with van der Waals surface area (Å²) in [5.74, 6) is 0.567. The van der Waals surface area contributed by atoms with Gasteiger partial charge < -0.3 is 10.6 Å². The number of benzene rings is 2. The van der Waals surface area contributed by atoms with Gasteiger partial charge >= 0.3 is 0 Å². The van der Waals surface area contributed by atoms with Crippen LogP contribution in [0.15, 0.2) is 42.5 Å². The smallest absolute Gasteiger partial charge is 0.222 e. The van der Waals surface area contributed by atoms with Gasteiger partial charge in [-0.05, 0) is 35.1 Å². The third kappa shape index (κ3) is 3.14. The van der Waals surface area contributed by atoms with Crippen molar-refractivity contribution in [3.63, 3.8) is 0 Å². The Morgan fingerprint density at radius 1 is 1.18 bits per heavy atom. The molecule has 116 valence electrons. The second-order valence-corrected chi connectivity index (χ2v) is 6.45. The zero-order valence-corrected chi connectivity index (χ0v) is 13.2. The van der Waals surface area contributed by atoms with E-state index in [9.17, 15) is 4.79 Å². The summed E-state index contributed by atoms with van der Waals surface area (Å²) in [5.41, 5.74) is 7.28. The highest BCUT2D eigenvalue weighted by atomic mass is 16.2. The first-order valence-corrected chi connectivity index (χ1v) is 8.11. The maximum absolute atomic E-state index is 12.5. The summed E-state index contributed by atoms with van der Waals surface area (Å²) in [7, 11) is 1.89. The first-order valence-electron chi connectivity index (χ1n) is 8.11. The molecule has 1 amide bonds. The predicted molar refractivity (Wildman–Crippen MR) is 90.4 cm³/mol. The van der Waals surface area contributed by atoms with Crippen LogP contribution in [0.1, 0.15) is 31.2 Å². The number of hydrogen-bond donors (Lipinski definition) is 1. The SMILES string of the molecule is CN(Cc1cccc2ccccc12)C(=O)C[C@@H]1CCC[C@H]1N. The summed E-state index contributed by atoms with van der Waals surface area (Å²) in [6, 6.07) is 14.8. The molecule has 0 heterocycles. The molecule has 0 aromatic heterocycles. The number of hydrogen-bond acceptors (Lipinski definition) is 2. The number of carbonyl (C=O) groups is 1. The van der Waals surface area contributed by atoms with Crippen molar-refractivity contribution in [2.45, 2.75) is 38.3 Å². The highest BCUT2D eigenvalue weighted by molar-refractivity contribution is 5.86. The molecule has 3 rings (SSSR count). The van der Waals surface area contributed by atoms with Crippen LogP contribution in [-0.2, 0) is 11.3 Å². The molecule has 2 aromatic rings. The summed E-state index contributed by atoms with van der Waals surface area (Å²) in [6.07, 6.45) is 3.90. The van der Waals surface area contributed by atoms with E-state index in [0.29, 0.717) is 18.9 Å². The van der Waals surface area contributed by atoms with Crippen LogP contribution in [0.5, 0.6) is 0 Å².